The standard InChI is InChI=1S/C9H7BrClNOS/c10-7-5-14-4-6(7)8-3-12-9(13-8)1-2-11/h3-5H,1-2H2. The van der Waals surface area contributed by atoms with Gasteiger partial charge in [-0.15, -0.1) is 11.6 Å². The van der Waals surface area contributed by atoms with Crippen LogP contribution < -0.4 is 0 Å². The molecule has 0 fully saturated rings. The van der Waals surface area contributed by atoms with Gasteiger partial charge < -0.3 is 4.42 Å². The third-order valence-corrected chi connectivity index (χ3v) is 3.63. The van der Waals surface area contributed by atoms with Crippen LogP contribution in [0.25, 0.3) is 11.3 Å². The Hall–Kier alpha value is -0.320. The Kier molecular flexibility index (Phi) is 3.26. The number of thiophene rings is 1. The fraction of sp³-hybridized carbons (Fsp3) is 0.222. The molecule has 2 aromatic heterocycles. The molecule has 0 saturated heterocycles. The monoisotopic (exact) mass is 291 g/mol. The van der Waals surface area contributed by atoms with E-state index in [0.717, 1.165) is 15.8 Å². The summed E-state index contributed by atoms with van der Waals surface area (Å²) in [6, 6.07) is 0. The zero-order valence-corrected chi connectivity index (χ0v) is 10.3. The zero-order valence-electron chi connectivity index (χ0n) is 7.17. The van der Waals surface area contributed by atoms with Gasteiger partial charge in [0.1, 0.15) is 0 Å². The minimum Gasteiger partial charge on any atom is -0.441 e. The zero-order chi connectivity index (χ0) is 9.97. The van der Waals surface area contributed by atoms with Gasteiger partial charge in [-0.2, -0.15) is 11.3 Å². The van der Waals surface area contributed by atoms with E-state index in [0.29, 0.717) is 18.2 Å². The first-order valence-electron chi connectivity index (χ1n) is 4.04. The molecule has 0 bridgehead atoms. The molecule has 0 radical (unpaired) electrons. The molecule has 2 rings (SSSR count). The van der Waals surface area contributed by atoms with E-state index in [1.807, 2.05) is 10.8 Å². The van der Waals surface area contributed by atoms with Crippen molar-refractivity contribution in [3.63, 3.8) is 0 Å². The maximum Gasteiger partial charge on any atom is 0.196 e. The number of hydrogen-bond acceptors (Lipinski definition) is 3. The first-order chi connectivity index (χ1) is 6.81. The van der Waals surface area contributed by atoms with Crippen molar-refractivity contribution in [2.24, 2.45) is 0 Å². The lowest BCUT2D eigenvalue weighted by Gasteiger charge is -1.91. The highest BCUT2D eigenvalue weighted by Gasteiger charge is 2.09. The van der Waals surface area contributed by atoms with Gasteiger partial charge in [-0.05, 0) is 15.9 Å². The molecule has 0 saturated carbocycles. The van der Waals surface area contributed by atoms with Crippen molar-refractivity contribution >= 4 is 38.9 Å². The number of rotatable bonds is 3. The molecule has 2 heterocycles. The summed E-state index contributed by atoms with van der Waals surface area (Å²) >= 11 is 10.7. The first-order valence-corrected chi connectivity index (χ1v) is 6.31. The van der Waals surface area contributed by atoms with E-state index in [1.54, 1.807) is 17.5 Å². The van der Waals surface area contributed by atoms with Gasteiger partial charge in [-0.25, -0.2) is 4.98 Å². The summed E-state index contributed by atoms with van der Waals surface area (Å²) in [6.45, 7) is 0. The van der Waals surface area contributed by atoms with Crippen LogP contribution in [0.3, 0.4) is 0 Å². The maximum atomic E-state index is 5.59. The summed E-state index contributed by atoms with van der Waals surface area (Å²) in [5, 5.41) is 4.04. The quantitative estimate of drug-likeness (QED) is 0.801. The second-order valence-corrected chi connectivity index (χ2v) is 4.67. The third kappa shape index (κ3) is 2.02. The Bertz CT molecular complexity index is 426. The lowest BCUT2D eigenvalue weighted by Crippen LogP contribution is -1.83. The summed E-state index contributed by atoms with van der Waals surface area (Å²) in [4.78, 5) is 4.14. The van der Waals surface area contributed by atoms with Crippen LogP contribution in [0, 0.1) is 0 Å². The highest BCUT2D eigenvalue weighted by atomic mass is 79.9. The van der Waals surface area contributed by atoms with E-state index in [9.17, 15) is 0 Å². The molecule has 0 aromatic carbocycles. The Labute approximate surface area is 99.0 Å². The van der Waals surface area contributed by atoms with E-state index in [4.69, 9.17) is 16.0 Å². The van der Waals surface area contributed by atoms with E-state index >= 15 is 0 Å². The van der Waals surface area contributed by atoms with Crippen molar-refractivity contribution in [1.82, 2.24) is 4.98 Å². The van der Waals surface area contributed by atoms with Gasteiger partial charge in [-0.1, -0.05) is 0 Å². The molecule has 0 spiro atoms. The normalized spacial score (nSPS) is 10.7. The molecule has 0 N–H and O–H groups in total. The van der Waals surface area contributed by atoms with E-state index in [1.165, 1.54) is 0 Å². The number of aryl methyl sites for hydroxylation is 1. The summed E-state index contributed by atoms with van der Waals surface area (Å²) in [6.07, 6.45) is 2.40. The minimum atomic E-state index is 0.532. The van der Waals surface area contributed by atoms with Crippen LogP contribution in [0.2, 0.25) is 0 Å². The number of halogens is 2. The summed E-state index contributed by atoms with van der Waals surface area (Å²) < 4.78 is 6.57. The van der Waals surface area contributed by atoms with Crippen LogP contribution in [0.15, 0.2) is 25.8 Å². The number of nitrogens with zero attached hydrogens (tertiary/aromatic N) is 1. The van der Waals surface area contributed by atoms with Crippen molar-refractivity contribution in [2.45, 2.75) is 6.42 Å². The highest BCUT2D eigenvalue weighted by Crippen LogP contribution is 2.31. The second-order valence-electron chi connectivity index (χ2n) is 2.69. The van der Waals surface area contributed by atoms with Gasteiger partial charge in [0.2, 0.25) is 0 Å². The molecule has 0 aliphatic rings. The fourth-order valence-corrected chi connectivity index (χ4v) is 2.73. The molecule has 74 valence electrons. The van der Waals surface area contributed by atoms with Gasteiger partial charge in [0, 0.05) is 33.1 Å². The molecule has 0 atom stereocenters. The molecule has 2 aromatic rings. The van der Waals surface area contributed by atoms with Crippen molar-refractivity contribution < 1.29 is 4.42 Å². The molecule has 2 nitrogen and oxygen atoms in total. The summed E-state index contributed by atoms with van der Waals surface area (Å²) in [5.41, 5.74) is 1.04. The molecule has 14 heavy (non-hydrogen) atoms. The van der Waals surface area contributed by atoms with Gasteiger partial charge in [0.25, 0.3) is 0 Å². The lowest BCUT2D eigenvalue weighted by molar-refractivity contribution is 0.514. The lowest BCUT2D eigenvalue weighted by atomic mass is 10.3. The molecular weight excluding hydrogens is 286 g/mol. The second kappa shape index (κ2) is 4.47. The fourth-order valence-electron chi connectivity index (χ4n) is 1.09. The van der Waals surface area contributed by atoms with E-state index < -0.39 is 0 Å². The van der Waals surface area contributed by atoms with Crippen LogP contribution in [-0.2, 0) is 6.42 Å². The van der Waals surface area contributed by atoms with Crippen molar-refractivity contribution in [3.05, 3.63) is 27.3 Å². The van der Waals surface area contributed by atoms with Crippen LogP contribution >= 0.6 is 38.9 Å². The van der Waals surface area contributed by atoms with Crippen LogP contribution in [0.4, 0.5) is 0 Å². The van der Waals surface area contributed by atoms with Crippen LogP contribution in [0.1, 0.15) is 5.89 Å². The predicted octanol–water partition coefficient (Wildman–Crippen LogP) is 3.95. The summed E-state index contributed by atoms with van der Waals surface area (Å²) in [7, 11) is 0. The van der Waals surface area contributed by atoms with Crippen LogP contribution in [-0.4, -0.2) is 10.9 Å². The third-order valence-electron chi connectivity index (χ3n) is 1.74. The SMILES string of the molecule is ClCCc1ncc(-c2cscc2Br)o1. The average molecular weight is 293 g/mol. The Balaban J connectivity index is 2.29. The van der Waals surface area contributed by atoms with Gasteiger partial charge in [0.15, 0.2) is 11.7 Å². The molecule has 5 heteroatoms. The predicted molar refractivity (Wildman–Crippen MR) is 61.9 cm³/mol. The highest BCUT2D eigenvalue weighted by molar-refractivity contribution is 9.10. The van der Waals surface area contributed by atoms with Gasteiger partial charge in [-0.3, -0.25) is 0 Å². The molecule has 0 aliphatic carbocycles. The molecule has 0 unspecified atom stereocenters. The minimum absolute atomic E-state index is 0.532. The van der Waals surface area contributed by atoms with Crippen molar-refractivity contribution in [2.75, 3.05) is 5.88 Å². The van der Waals surface area contributed by atoms with Gasteiger partial charge in [0.05, 0.1) is 6.20 Å². The first kappa shape index (κ1) is 10.2. The Morgan fingerprint density at radius 1 is 1.50 bits per heavy atom. The number of aromatic nitrogens is 1. The van der Waals surface area contributed by atoms with Crippen molar-refractivity contribution in [3.8, 4) is 11.3 Å². The average Bonchev–Trinajstić information content (AvgIpc) is 2.74. The number of hydrogen-bond donors (Lipinski definition) is 0. The Morgan fingerprint density at radius 2 is 2.36 bits per heavy atom. The smallest absolute Gasteiger partial charge is 0.196 e. The van der Waals surface area contributed by atoms with E-state index in [2.05, 4.69) is 20.9 Å². The topological polar surface area (TPSA) is 26.0 Å². The maximum absolute atomic E-state index is 5.59. The number of oxazole rings is 1. The van der Waals surface area contributed by atoms with E-state index in [-0.39, 0.29) is 0 Å². The summed E-state index contributed by atoms with van der Waals surface area (Å²) in [5.74, 6) is 2.01. The molecular formula is C9H7BrClNOS. The van der Waals surface area contributed by atoms with Crippen LogP contribution in [0.5, 0.6) is 0 Å². The number of alkyl halides is 1. The molecule has 0 amide bonds. The van der Waals surface area contributed by atoms with Crippen molar-refractivity contribution in [1.29, 1.82) is 0 Å². The largest absolute Gasteiger partial charge is 0.441 e. The Morgan fingerprint density at radius 3 is 3.00 bits per heavy atom. The molecule has 0 aliphatic heterocycles. The van der Waals surface area contributed by atoms with Gasteiger partial charge >= 0.3 is 0 Å².